The highest BCUT2D eigenvalue weighted by Gasteiger charge is 2.07. The highest BCUT2D eigenvalue weighted by atomic mass is 32.2. The molecule has 0 N–H and O–H groups in total. The van der Waals surface area contributed by atoms with Crippen molar-refractivity contribution in [2.45, 2.75) is 31.2 Å². The van der Waals surface area contributed by atoms with Gasteiger partial charge in [-0.2, -0.15) is 9.78 Å². The highest BCUT2D eigenvalue weighted by molar-refractivity contribution is 7.98. The molecule has 0 fully saturated rings. The molecule has 2 aromatic carbocycles. The Morgan fingerprint density at radius 1 is 1.14 bits per heavy atom. The minimum atomic E-state index is 0.659. The van der Waals surface area contributed by atoms with Gasteiger partial charge in [-0.1, -0.05) is 48.5 Å². The Labute approximate surface area is 169 Å². The van der Waals surface area contributed by atoms with Crippen LogP contribution in [0.3, 0.4) is 0 Å². The number of benzene rings is 2. The fourth-order valence-electron chi connectivity index (χ4n) is 2.45. The van der Waals surface area contributed by atoms with Crippen LogP contribution >= 0.6 is 11.8 Å². The number of aryl methyl sites for hydroxylation is 1. The Hall–Kier alpha value is -2.80. The third kappa shape index (κ3) is 5.36. The predicted molar refractivity (Wildman–Crippen MR) is 113 cm³/mol. The summed E-state index contributed by atoms with van der Waals surface area (Å²) in [5, 5.41) is 13.4. The van der Waals surface area contributed by atoms with E-state index in [4.69, 9.17) is 9.47 Å². The average molecular weight is 397 g/mol. The maximum absolute atomic E-state index is 5.68. The molecule has 0 radical (unpaired) electrons. The molecule has 0 bridgehead atoms. The summed E-state index contributed by atoms with van der Waals surface area (Å²) in [6, 6.07) is 14.2. The lowest BCUT2D eigenvalue weighted by molar-refractivity contribution is 0.294. The van der Waals surface area contributed by atoms with Gasteiger partial charge in [0.05, 0.1) is 19.9 Å². The van der Waals surface area contributed by atoms with E-state index in [0.29, 0.717) is 12.4 Å². The topological polar surface area (TPSA) is 61.5 Å². The molecule has 0 saturated heterocycles. The van der Waals surface area contributed by atoms with Crippen molar-refractivity contribution in [2.24, 2.45) is 5.10 Å². The zero-order chi connectivity index (χ0) is 19.8. The van der Waals surface area contributed by atoms with Gasteiger partial charge in [0.25, 0.3) is 0 Å². The molecular weight excluding hydrogens is 372 g/mol. The van der Waals surface area contributed by atoms with E-state index < -0.39 is 0 Å². The zero-order valence-corrected chi connectivity index (χ0v) is 17.1. The van der Waals surface area contributed by atoms with Crippen LogP contribution in [0.4, 0.5) is 0 Å². The first kappa shape index (κ1) is 19.9. The molecule has 0 saturated carbocycles. The van der Waals surface area contributed by atoms with Crippen LogP contribution in [0.25, 0.3) is 0 Å². The van der Waals surface area contributed by atoms with Crippen LogP contribution in [0.15, 0.2) is 59.0 Å². The molecule has 3 aromatic rings. The lowest BCUT2D eigenvalue weighted by Crippen LogP contribution is -1.99. The first-order valence-corrected chi connectivity index (χ1v) is 10.1. The van der Waals surface area contributed by atoms with Gasteiger partial charge in [0, 0.05) is 5.75 Å². The minimum absolute atomic E-state index is 0.659. The van der Waals surface area contributed by atoms with Gasteiger partial charge in [-0.25, -0.2) is 0 Å². The lowest BCUT2D eigenvalue weighted by Gasteiger charge is -2.10. The quantitative estimate of drug-likeness (QED) is 0.392. The Morgan fingerprint density at radius 3 is 2.71 bits per heavy atom. The second kappa shape index (κ2) is 9.94. The molecule has 0 unspecified atom stereocenters. The summed E-state index contributed by atoms with van der Waals surface area (Å²) in [5.41, 5.74) is 3.40. The standard InChI is InChI=1S/C21H24N4O2S/c1-4-11-27-19-10-9-18(12-20(19)26-3)13-23-25-15-22-24-21(25)28-14-17-7-5-16(2)6-8-17/h5-10,12-13,15H,4,11,14H2,1-3H3/b23-13-. The van der Waals surface area contributed by atoms with Gasteiger partial charge in [0.1, 0.15) is 6.33 Å². The van der Waals surface area contributed by atoms with Crippen molar-refractivity contribution in [1.82, 2.24) is 14.9 Å². The van der Waals surface area contributed by atoms with Crippen molar-refractivity contribution < 1.29 is 9.47 Å². The summed E-state index contributed by atoms with van der Waals surface area (Å²) in [6.45, 7) is 4.81. The fourth-order valence-corrected chi connectivity index (χ4v) is 3.27. The summed E-state index contributed by atoms with van der Waals surface area (Å²) in [6.07, 6.45) is 4.30. The molecular formula is C21H24N4O2S. The number of thioether (sulfide) groups is 1. The van der Waals surface area contributed by atoms with Gasteiger partial charge in [-0.05, 0) is 42.7 Å². The fraction of sp³-hybridized carbons (Fsp3) is 0.286. The zero-order valence-electron chi connectivity index (χ0n) is 16.3. The van der Waals surface area contributed by atoms with Gasteiger partial charge in [0.15, 0.2) is 11.5 Å². The molecule has 0 aliphatic rings. The van der Waals surface area contributed by atoms with E-state index in [-0.39, 0.29) is 0 Å². The van der Waals surface area contributed by atoms with Crippen molar-refractivity contribution in [3.63, 3.8) is 0 Å². The molecule has 3 rings (SSSR count). The van der Waals surface area contributed by atoms with E-state index >= 15 is 0 Å². The van der Waals surface area contributed by atoms with E-state index in [1.807, 2.05) is 18.2 Å². The SMILES string of the molecule is CCCOc1ccc(/C=N\n2cnnc2SCc2ccc(C)cc2)cc1OC. The third-order valence-corrected chi connectivity index (χ3v) is 4.97. The van der Waals surface area contributed by atoms with Crippen LogP contribution in [-0.2, 0) is 5.75 Å². The molecule has 0 aliphatic heterocycles. The van der Waals surface area contributed by atoms with Gasteiger partial charge < -0.3 is 9.47 Å². The predicted octanol–water partition coefficient (Wildman–Crippen LogP) is 4.56. The molecule has 146 valence electrons. The Morgan fingerprint density at radius 2 is 1.96 bits per heavy atom. The summed E-state index contributed by atoms with van der Waals surface area (Å²) in [5.74, 6) is 2.24. The molecule has 28 heavy (non-hydrogen) atoms. The van der Waals surface area contributed by atoms with Crippen molar-refractivity contribution in [2.75, 3.05) is 13.7 Å². The smallest absolute Gasteiger partial charge is 0.212 e. The number of aromatic nitrogens is 3. The van der Waals surface area contributed by atoms with E-state index in [1.165, 1.54) is 11.1 Å². The van der Waals surface area contributed by atoms with Crippen molar-refractivity contribution in [1.29, 1.82) is 0 Å². The maximum Gasteiger partial charge on any atom is 0.212 e. The molecule has 6 nitrogen and oxygen atoms in total. The van der Waals surface area contributed by atoms with Crippen molar-refractivity contribution in [3.8, 4) is 11.5 Å². The number of methoxy groups -OCH3 is 1. The summed E-state index contributed by atoms with van der Waals surface area (Å²) in [7, 11) is 1.63. The van der Waals surface area contributed by atoms with Gasteiger partial charge in [0.2, 0.25) is 5.16 Å². The van der Waals surface area contributed by atoms with Gasteiger partial charge in [-0.3, -0.25) is 0 Å². The number of nitrogens with zero attached hydrogens (tertiary/aromatic N) is 4. The monoisotopic (exact) mass is 396 g/mol. The molecule has 7 heteroatoms. The highest BCUT2D eigenvalue weighted by Crippen LogP contribution is 2.28. The largest absolute Gasteiger partial charge is 0.493 e. The minimum Gasteiger partial charge on any atom is -0.493 e. The van der Waals surface area contributed by atoms with Crippen LogP contribution in [0, 0.1) is 6.92 Å². The first-order valence-electron chi connectivity index (χ1n) is 9.13. The lowest BCUT2D eigenvalue weighted by atomic mass is 10.2. The molecule has 0 amide bonds. The molecule has 0 spiro atoms. The molecule has 0 atom stereocenters. The van der Waals surface area contributed by atoms with Crippen molar-refractivity contribution >= 4 is 18.0 Å². The van der Waals surface area contributed by atoms with E-state index in [1.54, 1.807) is 36.1 Å². The molecule has 0 aliphatic carbocycles. The molecule has 1 heterocycles. The summed E-state index contributed by atoms with van der Waals surface area (Å²) < 4.78 is 12.8. The van der Waals surface area contributed by atoms with Crippen molar-refractivity contribution in [3.05, 3.63) is 65.5 Å². The Bertz CT molecular complexity index is 922. The van der Waals surface area contributed by atoms with Gasteiger partial charge in [-0.15, -0.1) is 10.2 Å². The number of ether oxygens (including phenoxy) is 2. The van der Waals surface area contributed by atoms with Crippen LogP contribution in [0.1, 0.15) is 30.0 Å². The number of hydrogen-bond acceptors (Lipinski definition) is 6. The van der Waals surface area contributed by atoms with Crippen LogP contribution < -0.4 is 9.47 Å². The Kier molecular flexibility index (Phi) is 7.08. The van der Waals surface area contributed by atoms with Crippen LogP contribution in [-0.4, -0.2) is 34.8 Å². The van der Waals surface area contributed by atoms with Gasteiger partial charge >= 0.3 is 0 Å². The summed E-state index contributed by atoms with van der Waals surface area (Å²) >= 11 is 1.60. The maximum atomic E-state index is 5.68. The number of hydrogen-bond donors (Lipinski definition) is 0. The Balaban J connectivity index is 1.67. The summed E-state index contributed by atoms with van der Waals surface area (Å²) in [4.78, 5) is 0. The first-order chi connectivity index (χ1) is 13.7. The third-order valence-electron chi connectivity index (χ3n) is 3.97. The van der Waals surface area contributed by atoms with E-state index in [0.717, 1.165) is 28.6 Å². The van der Waals surface area contributed by atoms with Crippen LogP contribution in [0.2, 0.25) is 0 Å². The second-order valence-corrected chi connectivity index (χ2v) is 7.18. The second-order valence-electron chi connectivity index (χ2n) is 6.24. The van der Waals surface area contributed by atoms with E-state index in [9.17, 15) is 0 Å². The number of rotatable bonds is 9. The van der Waals surface area contributed by atoms with E-state index in [2.05, 4.69) is 53.4 Å². The normalized spacial score (nSPS) is 11.1. The van der Waals surface area contributed by atoms with Crippen LogP contribution in [0.5, 0.6) is 11.5 Å². The average Bonchev–Trinajstić information content (AvgIpc) is 3.18. The molecule has 1 aromatic heterocycles.